The summed E-state index contributed by atoms with van der Waals surface area (Å²) in [7, 11) is 0. The molecule has 0 saturated heterocycles. The Kier molecular flexibility index (Phi) is 5.11. The maximum absolute atomic E-state index is 12.5. The lowest BCUT2D eigenvalue weighted by Crippen LogP contribution is -2.24. The van der Waals surface area contributed by atoms with Crippen LogP contribution in [0.4, 0.5) is 5.00 Å². The van der Waals surface area contributed by atoms with Gasteiger partial charge in [0.1, 0.15) is 10.0 Å². The van der Waals surface area contributed by atoms with E-state index in [1.165, 1.54) is 11.3 Å². The van der Waals surface area contributed by atoms with Crippen LogP contribution in [0.1, 0.15) is 32.3 Å². The van der Waals surface area contributed by atoms with E-state index in [-0.39, 0.29) is 18.7 Å². The Morgan fingerprint density at radius 2 is 1.96 bits per heavy atom. The van der Waals surface area contributed by atoms with E-state index in [1.807, 2.05) is 36.6 Å². The summed E-state index contributed by atoms with van der Waals surface area (Å²) >= 11 is 3.07. The summed E-state index contributed by atoms with van der Waals surface area (Å²) in [5.74, 6) is -1.08. The quantitative estimate of drug-likeness (QED) is 0.611. The van der Waals surface area contributed by atoms with E-state index >= 15 is 0 Å². The molecule has 0 aliphatic heterocycles. The lowest BCUT2D eigenvalue weighted by Gasteiger charge is -2.21. The second kappa shape index (κ2) is 7.17. The number of aliphatic carboxylic acids is 1. The number of carboxylic acid groups (broad SMARTS) is 1. The monoisotopic (exact) mass is 388 g/mol. The molecule has 0 saturated carbocycles. The Labute approximate surface area is 159 Å². The number of anilines is 1. The topological polar surface area (TPSA) is 79.3 Å². The molecule has 26 heavy (non-hydrogen) atoms. The Balaban J connectivity index is 1.84. The van der Waals surface area contributed by atoms with Gasteiger partial charge in [-0.1, -0.05) is 26.0 Å². The van der Waals surface area contributed by atoms with Crippen molar-refractivity contribution in [3.05, 3.63) is 35.2 Å². The fourth-order valence-corrected chi connectivity index (χ4v) is 4.97. The first kappa shape index (κ1) is 18.5. The summed E-state index contributed by atoms with van der Waals surface area (Å²) in [6, 6.07) is 7.95. The van der Waals surface area contributed by atoms with Crippen molar-refractivity contribution < 1.29 is 14.7 Å². The molecular weight excluding hydrogens is 368 g/mol. The fraction of sp³-hybridized carbons (Fsp3) is 0.316. The van der Waals surface area contributed by atoms with Gasteiger partial charge in [0.05, 0.1) is 16.6 Å². The number of rotatable bonds is 6. The molecule has 0 fully saturated rings. The number of para-hydroxylation sites is 1. The molecule has 5 nitrogen and oxygen atoms in total. The van der Waals surface area contributed by atoms with E-state index in [9.17, 15) is 9.59 Å². The summed E-state index contributed by atoms with van der Waals surface area (Å²) in [5, 5.41) is 15.6. The zero-order valence-corrected chi connectivity index (χ0v) is 16.5. The lowest BCUT2D eigenvalue weighted by atomic mass is 9.85. The first-order valence-corrected chi connectivity index (χ1v) is 9.90. The Morgan fingerprint density at radius 3 is 2.65 bits per heavy atom. The number of aromatic nitrogens is 1. The highest BCUT2D eigenvalue weighted by atomic mass is 32.1. The van der Waals surface area contributed by atoms with Crippen molar-refractivity contribution in [1.82, 2.24) is 4.98 Å². The summed E-state index contributed by atoms with van der Waals surface area (Å²) < 4.78 is 1.10. The third-order valence-corrected chi connectivity index (χ3v) is 6.07. The maximum atomic E-state index is 12.5. The van der Waals surface area contributed by atoms with Crippen LogP contribution in [0.3, 0.4) is 0 Å². The minimum absolute atomic E-state index is 0.0470. The average Bonchev–Trinajstić information content (AvgIpc) is 3.08. The average molecular weight is 389 g/mol. The number of carbonyl (C=O) groups is 2. The molecule has 0 bridgehead atoms. The largest absolute Gasteiger partial charge is 0.481 e. The molecule has 0 unspecified atom stereocenters. The molecule has 0 aliphatic carbocycles. The number of thiazole rings is 1. The third kappa shape index (κ3) is 4.11. The van der Waals surface area contributed by atoms with Crippen molar-refractivity contribution in [3.8, 4) is 10.6 Å². The molecular formula is C19H20N2O3S2. The van der Waals surface area contributed by atoms with Crippen LogP contribution in [-0.4, -0.2) is 22.0 Å². The number of hydrogen-bond acceptors (Lipinski definition) is 5. The predicted molar refractivity (Wildman–Crippen MR) is 107 cm³/mol. The van der Waals surface area contributed by atoms with Crippen molar-refractivity contribution in [1.29, 1.82) is 0 Å². The number of aryl methyl sites for hydroxylation is 1. The van der Waals surface area contributed by atoms with Gasteiger partial charge in [-0.15, -0.1) is 22.7 Å². The molecule has 2 heterocycles. The Hall–Kier alpha value is -2.25. The van der Waals surface area contributed by atoms with Gasteiger partial charge in [0.2, 0.25) is 5.91 Å². The fourth-order valence-electron chi connectivity index (χ4n) is 2.86. The van der Waals surface area contributed by atoms with Gasteiger partial charge in [-0.3, -0.25) is 9.59 Å². The smallest absolute Gasteiger partial charge is 0.303 e. The maximum Gasteiger partial charge on any atom is 0.303 e. The molecule has 7 heteroatoms. The van der Waals surface area contributed by atoms with Crippen molar-refractivity contribution in [3.63, 3.8) is 0 Å². The zero-order valence-electron chi connectivity index (χ0n) is 14.8. The molecule has 0 aliphatic rings. The number of nitrogens with zero attached hydrogens (tertiary/aromatic N) is 1. The van der Waals surface area contributed by atoms with E-state index in [1.54, 1.807) is 25.2 Å². The van der Waals surface area contributed by atoms with Gasteiger partial charge in [-0.05, 0) is 35.4 Å². The summed E-state index contributed by atoms with van der Waals surface area (Å²) in [5.41, 5.74) is 2.35. The summed E-state index contributed by atoms with van der Waals surface area (Å²) in [6.45, 7) is 5.57. The first-order valence-electron chi connectivity index (χ1n) is 8.21. The highest BCUT2D eigenvalue weighted by molar-refractivity contribution is 7.22. The van der Waals surface area contributed by atoms with Crippen LogP contribution in [0.2, 0.25) is 0 Å². The Morgan fingerprint density at radius 1 is 1.23 bits per heavy atom. The Bertz CT molecular complexity index is 939. The number of carboxylic acids is 1. The van der Waals surface area contributed by atoms with Gasteiger partial charge < -0.3 is 10.4 Å². The molecule has 1 amide bonds. The molecule has 2 aromatic heterocycles. The standard InChI is InChI=1S/C19H20N2O3S2/c1-11-10-25-17(21-14(22)8-19(2,3)9-15(23)24)16(11)18-20-12-6-4-5-7-13(12)26-18/h4-7,10H,8-9H2,1-3H3,(H,21,22)(H,23,24). The van der Waals surface area contributed by atoms with Gasteiger partial charge in [-0.2, -0.15) is 0 Å². The lowest BCUT2D eigenvalue weighted by molar-refractivity contribution is -0.139. The normalized spacial score (nSPS) is 11.7. The zero-order chi connectivity index (χ0) is 18.9. The van der Waals surface area contributed by atoms with Gasteiger partial charge in [0.25, 0.3) is 0 Å². The van der Waals surface area contributed by atoms with Crippen LogP contribution in [0.15, 0.2) is 29.6 Å². The van der Waals surface area contributed by atoms with Gasteiger partial charge >= 0.3 is 5.97 Å². The summed E-state index contributed by atoms with van der Waals surface area (Å²) in [4.78, 5) is 28.1. The van der Waals surface area contributed by atoms with Crippen LogP contribution in [0, 0.1) is 12.3 Å². The van der Waals surface area contributed by atoms with Crippen molar-refractivity contribution in [2.24, 2.45) is 5.41 Å². The molecule has 0 spiro atoms. The number of fused-ring (bicyclic) bond motifs is 1. The molecule has 1 aromatic carbocycles. The van der Waals surface area contributed by atoms with Crippen molar-refractivity contribution in [2.45, 2.75) is 33.6 Å². The number of thiophene rings is 1. The molecule has 0 radical (unpaired) electrons. The van der Waals surface area contributed by atoms with E-state index < -0.39 is 11.4 Å². The van der Waals surface area contributed by atoms with Crippen LogP contribution < -0.4 is 5.32 Å². The van der Waals surface area contributed by atoms with Crippen LogP contribution >= 0.6 is 22.7 Å². The number of benzene rings is 1. The highest BCUT2D eigenvalue weighted by Gasteiger charge is 2.26. The second-order valence-electron chi connectivity index (χ2n) is 7.07. The van der Waals surface area contributed by atoms with Crippen LogP contribution in [-0.2, 0) is 9.59 Å². The van der Waals surface area contributed by atoms with Gasteiger partial charge in [0.15, 0.2) is 0 Å². The SMILES string of the molecule is Cc1csc(NC(=O)CC(C)(C)CC(=O)O)c1-c1nc2ccccc2s1. The van der Waals surface area contributed by atoms with E-state index in [0.29, 0.717) is 0 Å². The van der Waals surface area contributed by atoms with E-state index in [4.69, 9.17) is 10.1 Å². The van der Waals surface area contributed by atoms with E-state index in [0.717, 1.165) is 31.4 Å². The molecule has 3 aromatic rings. The number of hydrogen-bond donors (Lipinski definition) is 2. The number of amides is 1. The molecule has 2 N–H and O–H groups in total. The minimum Gasteiger partial charge on any atom is -0.481 e. The highest BCUT2D eigenvalue weighted by Crippen LogP contribution is 2.41. The van der Waals surface area contributed by atoms with E-state index in [2.05, 4.69) is 5.32 Å². The van der Waals surface area contributed by atoms with Crippen molar-refractivity contribution >= 4 is 49.8 Å². The van der Waals surface area contributed by atoms with Gasteiger partial charge in [0, 0.05) is 12.0 Å². The molecule has 3 rings (SSSR count). The third-order valence-electron chi connectivity index (χ3n) is 4.00. The van der Waals surface area contributed by atoms with Crippen LogP contribution in [0.25, 0.3) is 20.8 Å². The summed E-state index contributed by atoms with van der Waals surface area (Å²) in [6.07, 6.45) is 0.101. The second-order valence-corrected chi connectivity index (χ2v) is 8.98. The predicted octanol–water partition coefficient (Wildman–Crippen LogP) is 5.16. The first-order chi connectivity index (χ1) is 12.2. The van der Waals surface area contributed by atoms with Crippen molar-refractivity contribution in [2.75, 3.05) is 5.32 Å². The van der Waals surface area contributed by atoms with Crippen LogP contribution in [0.5, 0.6) is 0 Å². The number of carbonyl (C=O) groups excluding carboxylic acids is 1. The van der Waals surface area contributed by atoms with Gasteiger partial charge in [-0.25, -0.2) is 4.98 Å². The molecule has 136 valence electrons. The molecule has 0 atom stereocenters. The minimum atomic E-state index is -0.898. The number of nitrogens with one attached hydrogen (secondary N) is 1.